The smallest absolute Gasteiger partial charge is 0.166 e. The highest BCUT2D eigenvalue weighted by molar-refractivity contribution is 6.16. The van der Waals surface area contributed by atoms with E-state index in [0.29, 0.717) is 17.5 Å². The van der Waals surface area contributed by atoms with Crippen molar-refractivity contribution in [1.82, 2.24) is 24.1 Å². The van der Waals surface area contributed by atoms with Gasteiger partial charge in [0.1, 0.15) is 0 Å². The van der Waals surface area contributed by atoms with Crippen LogP contribution in [0, 0.1) is 0 Å². The van der Waals surface area contributed by atoms with E-state index in [1.165, 1.54) is 59.5 Å². The van der Waals surface area contributed by atoms with Crippen molar-refractivity contribution < 1.29 is 0 Å². The summed E-state index contributed by atoms with van der Waals surface area (Å²) in [5.74, 6) is 1.87. The van der Waals surface area contributed by atoms with Gasteiger partial charge in [0.05, 0.1) is 27.8 Å². The lowest BCUT2D eigenvalue weighted by Crippen LogP contribution is -2.04. The van der Waals surface area contributed by atoms with E-state index in [2.05, 4.69) is 203 Å². The average molecular weight is 790 g/mol. The first-order chi connectivity index (χ1) is 30.7. The molecular weight excluding hydrogens is 755 g/mol. The monoisotopic (exact) mass is 789 g/mol. The molecule has 62 heavy (non-hydrogen) atoms. The van der Waals surface area contributed by atoms with Crippen molar-refractivity contribution in [2.45, 2.75) is 0 Å². The predicted octanol–water partition coefficient (Wildman–Crippen LogP) is 14.5. The normalized spacial score (nSPS) is 11.9. The molecule has 288 valence electrons. The molecule has 0 radical (unpaired) electrons. The maximum Gasteiger partial charge on any atom is 0.166 e. The third-order valence-corrected chi connectivity index (χ3v) is 12.5. The minimum Gasteiger partial charge on any atom is -0.309 e. The Bertz CT molecular complexity index is 3930. The van der Waals surface area contributed by atoms with Gasteiger partial charge in [0.25, 0.3) is 0 Å². The van der Waals surface area contributed by atoms with Gasteiger partial charge in [-0.15, -0.1) is 0 Å². The molecule has 3 aromatic heterocycles. The summed E-state index contributed by atoms with van der Waals surface area (Å²) in [7, 11) is 0. The van der Waals surface area contributed by atoms with Gasteiger partial charge in [-0.2, -0.15) is 0 Å². The van der Waals surface area contributed by atoms with E-state index in [0.717, 1.165) is 44.5 Å². The number of hydrogen-bond acceptors (Lipinski definition) is 3. The van der Waals surface area contributed by atoms with Gasteiger partial charge >= 0.3 is 0 Å². The van der Waals surface area contributed by atoms with Crippen LogP contribution in [0.4, 0.5) is 0 Å². The number of hydrogen-bond donors (Lipinski definition) is 0. The van der Waals surface area contributed by atoms with Crippen molar-refractivity contribution in [2.24, 2.45) is 0 Å². The second-order valence-corrected chi connectivity index (χ2v) is 16.1. The second kappa shape index (κ2) is 13.6. The largest absolute Gasteiger partial charge is 0.309 e. The van der Waals surface area contributed by atoms with E-state index >= 15 is 0 Å². The molecule has 0 aliphatic heterocycles. The SMILES string of the molecule is c1ccc(-c2nc(-c3ccc4ccccc4c3)nc(-c3ccccc3-n3c4cc(-n5c6ccccc6c6cc7ccccc7cc65)ccc4c4cc5ccccc5cc43)n2)cc1. The summed E-state index contributed by atoms with van der Waals surface area (Å²) in [5, 5.41) is 12.0. The Balaban J connectivity index is 1.09. The van der Waals surface area contributed by atoms with Crippen molar-refractivity contribution in [3.63, 3.8) is 0 Å². The van der Waals surface area contributed by atoms with Gasteiger partial charge in [-0.1, -0.05) is 152 Å². The molecule has 13 aromatic rings. The van der Waals surface area contributed by atoms with E-state index < -0.39 is 0 Å². The molecule has 10 aromatic carbocycles. The molecule has 0 N–H and O–H groups in total. The van der Waals surface area contributed by atoms with E-state index in [1.807, 2.05) is 18.2 Å². The zero-order valence-corrected chi connectivity index (χ0v) is 33.4. The number of aromatic nitrogens is 5. The highest BCUT2D eigenvalue weighted by atomic mass is 15.1. The summed E-state index contributed by atoms with van der Waals surface area (Å²) < 4.78 is 4.84. The van der Waals surface area contributed by atoms with Crippen LogP contribution >= 0.6 is 0 Å². The lowest BCUT2D eigenvalue weighted by atomic mass is 10.1. The van der Waals surface area contributed by atoms with E-state index in [1.54, 1.807) is 0 Å². The van der Waals surface area contributed by atoms with Crippen LogP contribution in [-0.2, 0) is 0 Å². The van der Waals surface area contributed by atoms with Crippen LogP contribution < -0.4 is 0 Å². The molecule has 0 atom stereocenters. The van der Waals surface area contributed by atoms with Crippen LogP contribution in [0.1, 0.15) is 0 Å². The van der Waals surface area contributed by atoms with Gasteiger partial charge in [-0.05, 0) is 93.0 Å². The lowest BCUT2D eigenvalue weighted by Gasteiger charge is -2.15. The highest BCUT2D eigenvalue weighted by Gasteiger charge is 2.21. The fraction of sp³-hybridized carbons (Fsp3) is 0. The minimum absolute atomic E-state index is 0.610. The van der Waals surface area contributed by atoms with Gasteiger partial charge < -0.3 is 9.13 Å². The van der Waals surface area contributed by atoms with Gasteiger partial charge in [0.2, 0.25) is 0 Å². The molecule has 3 heterocycles. The first-order valence-corrected chi connectivity index (χ1v) is 21.0. The standard InChI is InChI=1S/C57H35N5/c1-2-15-37(16-3-1)55-58-56(43-27-26-36-14-4-5-17-38(36)30-43)60-57(59-55)47-23-11-13-25-51(47)62-53-34-42-21-9-7-19-40(42)32-49(53)46-29-28-44(35-54(46)62)61-50-24-12-10-22-45(50)48-31-39-18-6-8-20-41(39)33-52(48)61/h1-35H. The molecule has 5 heteroatoms. The summed E-state index contributed by atoms with van der Waals surface area (Å²) in [5.41, 5.74) is 9.43. The molecule has 0 bridgehead atoms. The molecule has 0 amide bonds. The first kappa shape index (κ1) is 34.5. The number of rotatable bonds is 5. The third-order valence-electron chi connectivity index (χ3n) is 12.5. The Morgan fingerprint density at radius 3 is 1.52 bits per heavy atom. The Morgan fingerprint density at radius 2 is 0.790 bits per heavy atom. The molecule has 0 saturated carbocycles. The first-order valence-electron chi connectivity index (χ1n) is 21.0. The predicted molar refractivity (Wildman–Crippen MR) is 257 cm³/mol. The molecule has 0 aliphatic rings. The zero-order valence-electron chi connectivity index (χ0n) is 33.4. The molecule has 0 saturated heterocycles. The number of fused-ring (bicyclic) bond motifs is 9. The topological polar surface area (TPSA) is 48.5 Å². The van der Waals surface area contributed by atoms with Crippen molar-refractivity contribution >= 4 is 75.9 Å². The third kappa shape index (κ3) is 5.38. The maximum absolute atomic E-state index is 5.30. The van der Waals surface area contributed by atoms with E-state index in [-0.39, 0.29) is 0 Å². The quantitative estimate of drug-likeness (QED) is 0.174. The van der Waals surface area contributed by atoms with Gasteiger partial charge in [0.15, 0.2) is 17.5 Å². The Morgan fingerprint density at radius 1 is 0.274 bits per heavy atom. The maximum atomic E-state index is 5.30. The van der Waals surface area contributed by atoms with Crippen LogP contribution in [0.3, 0.4) is 0 Å². The summed E-state index contributed by atoms with van der Waals surface area (Å²) >= 11 is 0. The van der Waals surface area contributed by atoms with Crippen LogP contribution in [0.25, 0.3) is 121 Å². The van der Waals surface area contributed by atoms with Crippen molar-refractivity contribution in [1.29, 1.82) is 0 Å². The van der Waals surface area contributed by atoms with Gasteiger partial charge in [0, 0.05) is 43.9 Å². The zero-order chi connectivity index (χ0) is 40.7. The summed E-state index contributed by atoms with van der Waals surface area (Å²) in [6.07, 6.45) is 0. The molecule has 0 spiro atoms. The Hall–Kier alpha value is -8.41. The van der Waals surface area contributed by atoms with Crippen LogP contribution in [0.5, 0.6) is 0 Å². The van der Waals surface area contributed by atoms with Gasteiger partial charge in [-0.25, -0.2) is 15.0 Å². The minimum atomic E-state index is 0.610. The van der Waals surface area contributed by atoms with Crippen molar-refractivity contribution in [2.75, 3.05) is 0 Å². The molecule has 5 nitrogen and oxygen atoms in total. The lowest BCUT2D eigenvalue weighted by molar-refractivity contribution is 1.06. The highest BCUT2D eigenvalue weighted by Crippen LogP contribution is 2.41. The Labute approximate surface area is 356 Å². The fourth-order valence-corrected chi connectivity index (χ4v) is 9.55. The fourth-order valence-electron chi connectivity index (χ4n) is 9.55. The van der Waals surface area contributed by atoms with Crippen LogP contribution in [0.2, 0.25) is 0 Å². The molecular formula is C57H35N5. The van der Waals surface area contributed by atoms with E-state index in [4.69, 9.17) is 15.0 Å². The summed E-state index contributed by atoms with van der Waals surface area (Å²) in [4.78, 5) is 15.7. The molecule has 0 aliphatic carbocycles. The van der Waals surface area contributed by atoms with Gasteiger partial charge in [-0.3, -0.25) is 0 Å². The number of benzene rings is 10. The molecule has 0 unspecified atom stereocenters. The number of para-hydroxylation sites is 2. The average Bonchev–Trinajstić information content (AvgIpc) is 3.83. The Kier molecular flexibility index (Phi) is 7.54. The molecule has 0 fully saturated rings. The number of nitrogens with zero attached hydrogens (tertiary/aromatic N) is 5. The summed E-state index contributed by atoms with van der Waals surface area (Å²) in [6, 6.07) is 75.9. The van der Waals surface area contributed by atoms with E-state index in [9.17, 15) is 0 Å². The summed E-state index contributed by atoms with van der Waals surface area (Å²) in [6.45, 7) is 0. The molecule has 13 rings (SSSR count). The van der Waals surface area contributed by atoms with Crippen molar-refractivity contribution in [3.8, 4) is 45.5 Å². The van der Waals surface area contributed by atoms with Crippen molar-refractivity contribution in [3.05, 3.63) is 212 Å². The second-order valence-electron chi connectivity index (χ2n) is 16.1. The van der Waals surface area contributed by atoms with Crippen LogP contribution in [0.15, 0.2) is 212 Å². The van der Waals surface area contributed by atoms with Crippen LogP contribution in [-0.4, -0.2) is 24.1 Å².